The molecule has 1 atom stereocenters. The lowest BCUT2D eigenvalue weighted by molar-refractivity contribution is -0.133. The fourth-order valence-corrected chi connectivity index (χ4v) is 5.26. The van der Waals surface area contributed by atoms with Crippen LogP contribution in [0.2, 0.25) is 0 Å². The molecule has 8 nitrogen and oxygen atoms in total. The van der Waals surface area contributed by atoms with Crippen molar-refractivity contribution in [3.05, 3.63) is 28.3 Å². The van der Waals surface area contributed by atoms with Gasteiger partial charge < -0.3 is 14.1 Å². The first-order chi connectivity index (χ1) is 12.8. The van der Waals surface area contributed by atoms with Gasteiger partial charge in [-0.25, -0.2) is 8.42 Å². The molecular weight excluding hydrogens is 372 g/mol. The van der Waals surface area contributed by atoms with Crippen molar-refractivity contribution >= 4 is 15.7 Å². The Hall–Kier alpha value is -1.87. The lowest BCUT2D eigenvalue weighted by atomic mass is 10.1. The third-order valence-corrected chi connectivity index (χ3v) is 6.93. The van der Waals surface area contributed by atoms with E-state index in [1.807, 2.05) is 0 Å². The zero-order valence-corrected chi connectivity index (χ0v) is 16.4. The molecule has 0 bridgehead atoms. The number of likely N-dealkylation sites (tertiary alicyclic amines) is 1. The molecule has 9 heteroatoms. The van der Waals surface area contributed by atoms with Crippen LogP contribution in [0.3, 0.4) is 0 Å². The summed E-state index contributed by atoms with van der Waals surface area (Å²) in [4.78, 5) is 28.1. The van der Waals surface area contributed by atoms with Crippen molar-refractivity contribution in [1.82, 2.24) is 9.80 Å². The predicted octanol–water partition coefficient (Wildman–Crippen LogP) is 0.650. The SMILES string of the molecule is CN(C(=O)COc1coc(CN2CCCCC2)cc1=O)[C@H]1CCS(=O)(=O)C1. The maximum atomic E-state index is 12.2. The number of ether oxygens (including phenoxy) is 1. The number of hydrogen-bond donors (Lipinski definition) is 0. The molecule has 2 aliphatic rings. The van der Waals surface area contributed by atoms with Crippen LogP contribution in [-0.4, -0.2) is 68.4 Å². The van der Waals surface area contributed by atoms with Crippen LogP contribution in [0.25, 0.3) is 0 Å². The normalized spacial score (nSPS) is 22.5. The molecule has 0 aliphatic carbocycles. The lowest BCUT2D eigenvalue weighted by Crippen LogP contribution is -2.40. The van der Waals surface area contributed by atoms with Crippen LogP contribution in [0.15, 0.2) is 21.5 Å². The van der Waals surface area contributed by atoms with Crippen LogP contribution in [0.4, 0.5) is 0 Å². The molecule has 0 spiro atoms. The molecule has 2 fully saturated rings. The molecule has 1 aromatic rings. The topological polar surface area (TPSA) is 97.1 Å². The number of likely N-dealkylation sites (N-methyl/N-ethyl adjacent to an activating group) is 1. The van der Waals surface area contributed by atoms with E-state index < -0.39 is 9.84 Å². The van der Waals surface area contributed by atoms with Gasteiger partial charge in [-0.3, -0.25) is 14.5 Å². The number of rotatable bonds is 6. The molecule has 3 rings (SSSR count). The zero-order chi connectivity index (χ0) is 19.4. The molecule has 2 aliphatic heterocycles. The second-order valence-electron chi connectivity index (χ2n) is 7.26. The number of carbonyl (C=O) groups excluding carboxylic acids is 1. The maximum absolute atomic E-state index is 12.2. The number of piperidine rings is 1. The van der Waals surface area contributed by atoms with E-state index in [0.29, 0.717) is 18.7 Å². The van der Waals surface area contributed by atoms with Crippen LogP contribution in [-0.2, 0) is 21.2 Å². The van der Waals surface area contributed by atoms with E-state index >= 15 is 0 Å². The number of amides is 1. The summed E-state index contributed by atoms with van der Waals surface area (Å²) in [5.41, 5.74) is -0.327. The fourth-order valence-electron chi connectivity index (χ4n) is 3.49. The van der Waals surface area contributed by atoms with Gasteiger partial charge >= 0.3 is 0 Å². The third-order valence-electron chi connectivity index (χ3n) is 5.18. The lowest BCUT2D eigenvalue weighted by Gasteiger charge is -2.25. The van der Waals surface area contributed by atoms with E-state index in [1.54, 1.807) is 7.05 Å². The summed E-state index contributed by atoms with van der Waals surface area (Å²) in [6.45, 7) is 2.26. The smallest absolute Gasteiger partial charge is 0.260 e. The van der Waals surface area contributed by atoms with E-state index in [4.69, 9.17) is 9.15 Å². The summed E-state index contributed by atoms with van der Waals surface area (Å²) in [5.74, 6) is 0.266. The molecule has 0 unspecified atom stereocenters. The van der Waals surface area contributed by atoms with Gasteiger partial charge in [0, 0.05) is 19.2 Å². The Kier molecular flexibility index (Phi) is 6.21. The highest BCUT2D eigenvalue weighted by Crippen LogP contribution is 2.17. The minimum absolute atomic E-state index is 0.0156. The number of nitrogens with zero attached hydrogens (tertiary/aromatic N) is 2. The van der Waals surface area contributed by atoms with Crippen LogP contribution in [0, 0.1) is 0 Å². The molecule has 27 heavy (non-hydrogen) atoms. The van der Waals surface area contributed by atoms with Gasteiger partial charge in [0.25, 0.3) is 5.91 Å². The van der Waals surface area contributed by atoms with Crippen molar-refractivity contribution in [2.45, 2.75) is 38.3 Å². The van der Waals surface area contributed by atoms with Gasteiger partial charge in [-0.1, -0.05) is 6.42 Å². The Morgan fingerprint density at radius 1 is 1.33 bits per heavy atom. The van der Waals surface area contributed by atoms with Crippen LogP contribution in [0.1, 0.15) is 31.4 Å². The average Bonchev–Trinajstić information content (AvgIpc) is 3.01. The second kappa shape index (κ2) is 8.43. The molecule has 1 amide bonds. The molecule has 0 aromatic carbocycles. The Bertz CT molecular complexity index is 828. The molecular formula is C18H26N2O6S. The molecule has 0 saturated carbocycles. The van der Waals surface area contributed by atoms with E-state index in [9.17, 15) is 18.0 Å². The van der Waals surface area contributed by atoms with Gasteiger partial charge in [0.05, 0.1) is 18.1 Å². The first-order valence-electron chi connectivity index (χ1n) is 9.27. The molecule has 2 saturated heterocycles. The Morgan fingerprint density at radius 3 is 2.70 bits per heavy atom. The monoisotopic (exact) mass is 398 g/mol. The van der Waals surface area contributed by atoms with Crippen molar-refractivity contribution < 1.29 is 22.4 Å². The van der Waals surface area contributed by atoms with Crippen molar-refractivity contribution in [1.29, 1.82) is 0 Å². The summed E-state index contributed by atoms with van der Waals surface area (Å²) in [5, 5.41) is 0. The Labute approximate surface area is 159 Å². The van der Waals surface area contributed by atoms with E-state index in [1.165, 1.54) is 23.7 Å². The first-order valence-corrected chi connectivity index (χ1v) is 11.1. The minimum Gasteiger partial charge on any atom is -0.477 e. The van der Waals surface area contributed by atoms with Gasteiger partial charge in [-0.15, -0.1) is 0 Å². The van der Waals surface area contributed by atoms with Crippen LogP contribution < -0.4 is 10.2 Å². The quantitative estimate of drug-likeness (QED) is 0.694. The van der Waals surface area contributed by atoms with E-state index in [0.717, 1.165) is 25.9 Å². The Balaban J connectivity index is 1.53. The maximum Gasteiger partial charge on any atom is 0.260 e. The van der Waals surface area contributed by atoms with Crippen LogP contribution in [0.5, 0.6) is 5.75 Å². The summed E-state index contributed by atoms with van der Waals surface area (Å²) in [6, 6.07) is 1.07. The van der Waals surface area contributed by atoms with Crippen molar-refractivity contribution in [3.8, 4) is 5.75 Å². The van der Waals surface area contributed by atoms with Gasteiger partial charge in [0.15, 0.2) is 16.4 Å². The Morgan fingerprint density at radius 2 is 2.07 bits per heavy atom. The molecule has 0 N–H and O–H groups in total. The molecule has 1 aromatic heterocycles. The molecule has 0 radical (unpaired) electrons. The standard InChI is InChI=1S/C18H26N2O6S/c1-19(14-5-8-27(23,24)13-14)18(22)12-26-17-11-25-15(9-16(17)21)10-20-6-3-2-4-7-20/h9,11,14H,2-8,10,12-13H2,1H3/t14-/m0/s1. The second-order valence-corrected chi connectivity index (χ2v) is 9.49. The highest BCUT2D eigenvalue weighted by molar-refractivity contribution is 7.91. The minimum atomic E-state index is -3.07. The summed E-state index contributed by atoms with van der Waals surface area (Å²) in [6.07, 6.45) is 5.22. The molecule has 3 heterocycles. The number of hydrogen-bond acceptors (Lipinski definition) is 7. The number of carbonyl (C=O) groups is 1. The van der Waals surface area contributed by atoms with Crippen molar-refractivity contribution in [3.63, 3.8) is 0 Å². The van der Waals surface area contributed by atoms with Crippen LogP contribution >= 0.6 is 0 Å². The van der Waals surface area contributed by atoms with Gasteiger partial charge in [-0.05, 0) is 32.4 Å². The third kappa shape index (κ3) is 5.32. The predicted molar refractivity (Wildman–Crippen MR) is 99.4 cm³/mol. The van der Waals surface area contributed by atoms with E-state index in [2.05, 4.69) is 4.90 Å². The van der Waals surface area contributed by atoms with E-state index in [-0.39, 0.29) is 41.2 Å². The fraction of sp³-hybridized carbons (Fsp3) is 0.667. The summed E-state index contributed by atoms with van der Waals surface area (Å²) >= 11 is 0. The zero-order valence-electron chi connectivity index (χ0n) is 15.6. The molecule has 150 valence electrons. The summed E-state index contributed by atoms with van der Waals surface area (Å²) < 4.78 is 33.9. The largest absolute Gasteiger partial charge is 0.477 e. The average molecular weight is 398 g/mol. The summed E-state index contributed by atoms with van der Waals surface area (Å²) in [7, 11) is -1.51. The van der Waals surface area contributed by atoms with Gasteiger partial charge in [-0.2, -0.15) is 0 Å². The highest BCUT2D eigenvalue weighted by Gasteiger charge is 2.32. The van der Waals surface area contributed by atoms with Gasteiger partial charge in [0.1, 0.15) is 12.0 Å². The first kappa shape index (κ1) is 19.9. The van der Waals surface area contributed by atoms with Crippen molar-refractivity contribution in [2.24, 2.45) is 0 Å². The van der Waals surface area contributed by atoms with Crippen molar-refractivity contribution in [2.75, 3.05) is 38.2 Å². The number of sulfone groups is 1. The van der Waals surface area contributed by atoms with Gasteiger partial charge in [0.2, 0.25) is 11.2 Å². The highest BCUT2D eigenvalue weighted by atomic mass is 32.2.